The molecule has 0 saturated carbocycles. The first-order valence-corrected chi connectivity index (χ1v) is 9.44. The first kappa shape index (κ1) is 21.2. The van der Waals surface area contributed by atoms with Gasteiger partial charge in [-0.25, -0.2) is 0 Å². The lowest BCUT2D eigenvalue weighted by Crippen LogP contribution is -2.14. The van der Waals surface area contributed by atoms with Gasteiger partial charge in [0.2, 0.25) is 0 Å². The fourth-order valence-corrected chi connectivity index (χ4v) is 3.18. The van der Waals surface area contributed by atoms with Gasteiger partial charge in [0.05, 0.1) is 5.56 Å². The van der Waals surface area contributed by atoms with Gasteiger partial charge in [-0.2, -0.15) is 18.4 Å². The number of para-hydroxylation sites is 1. The molecule has 0 aliphatic heterocycles. The summed E-state index contributed by atoms with van der Waals surface area (Å²) in [6.07, 6.45) is -0.271. The van der Waals surface area contributed by atoms with E-state index in [0.717, 1.165) is 29.5 Å². The lowest BCUT2D eigenvalue weighted by Gasteiger charge is -2.12. The summed E-state index contributed by atoms with van der Waals surface area (Å²) in [4.78, 5) is 12.6. The van der Waals surface area contributed by atoms with Crippen LogP contribution in [0.1, 0.15) is 37.4 Å². The molecule has 2 aromatic carbocycles. The SMILES string of the molecule is CC[C@@H](C)n1cc(/C=C(/C#N)C(=O)Nc2cccc(C(F)(F)F)c2)c2ccccc21. The van der Waals surface area contributed by atoms with Crippen molar-refractivity contribution in [3.05, 3.63) is 71.4 Å². The zero-order chi connectivity index (χ0) is 21.9. The number of hydrogen-bond acceptors (Lipinski definition) is 2. The molecule has 3 aromatic rings. The van der Waals surface area contributed by atoms with E-state index in [1.54, 1.807) is 0 Å². The van der Waals surface area contributed by atoms with E-state index in [1.807, 2.05) is 36.5 Å². The van der Waals surface area contributed by atoms with E-state index < -0.39 is 17.6 Å². The van der Waals surface area contributed by atoms with Gasteiger partial charge in [0, 0.05) is 34.4 Å². The number of fused-ring (bicyclic) bond motifs is 1. The van der Waals surface area contributed by atoms with Crippen LogP contribution in [0, 0.1) is 11.3 Å². The Kier molecular flexibility index (Phi) is 5.97. The molecule has 1 heterocycles. The molecule has 0 radical (unpaired) electrons. The minimum atomic E-state index is -4.52. The van der Waals surface area contributed by atoms with Crippen molar-refractivity contribution >= 4 is 28.6 Å². The van der Waals surface area contributed by atoms with Gasteiger partial charge in [0.25, 0.3) is 5.91 Å². The van der Waals surface area contributed by atoms with Crippen LogP contribution in [0.2, 0.25) is 0 Å². The Labute approximate surface area is 172 Å². The number of amides is 1. The molecule has 1 atom stereocenters. The van der Waals surface area contributed by atoms with Crippen LogP contribution in [-0.4, -0.2) is 10.5 Å². The highest BCUT2D eigenvalue weighted by atomic mass is 19.4. The number of alkyl halides is 3. The fourth-order valence-electron chi connectivity index (χ4n) is 3.18. The van der Waals surface area contributed by atoms with Crippen LogP contribution in [0.3, 0.4) is 0 Å². The summed E-state index contributed by atoms with van der Waals surface area (Å²) in [6, 6.07) is 14.0. The summed E-state index contributed by atoms with van der Waals surface area (Å²) in [5, 5.41) is 12.8. The Hall–Kier alpha value is -3.53. The van der Waals surface area contributed by atoms with Crippen LogP contribution in [-0.2, 0) is 11.0 Å². The van der Waals surface area contributed by atoms with Gasteiger partial charge in [0.15, 0.2) is 0 Å². The number of rotatable bonds is 5. The van der Waals surface area contributed by atoms with Crippen molar-refractivity contribution in [3.63, 3.8) is 0 Å². The van der Waals surface area contributed by atoms with Gasteiger partial charge in [-0.3, -0.25) is 4.79 Å². The van der Waals surface area contributed by atoms with Crippen LogP contribution in [0.15, 0.2) is 60.3 Å². The number of carbonyl (C=O) groups is 1. The van der Waals surface area contributed by atoms with Crippen LogP contribution in [0.5, 0.6) is 0 Å². The van der Waals surface area contributed by atoms with Crippen LogP contribution < -0.4 is 5.32 Å². The van der Waals surface area contributed by atoms with E-state index in [-0.39, 0.29) is 17.3 Å². The highest BCUT2D eigenvalue weighted by Crippen LogP contribution is 2.31. The van der Waals surface area contributed by atoms with Crippen LogP contribution in [0.25, 0.3) is 17.0 Å². The van der Waals surface area contributed by atoms with Crippen molar-refractivity contribution in [3.8, 4) is 6.07 Å². The number of nitrogens with zero attached hydrogens (tertiary/aromatic N) is 2. The lowest BCUT2D eigenvalue weighted by molar-refractivity contribution is -0.137. The molecule has 0 spiro atoms. The molecule has 0 fully saturated rings. The lowest BCUT2D eigenvalue weighted by atomic mass is 10.1. The summed E-state index contributed by atoms with van der Waals surface area (Å²) in [5.74, 6) is -0.766. The van der Waals surface area contributed by atoms with Crippen LogP contribution in [0.4, 0.5) is 18.9 Å². The van der Waals surface area contributed by atoms with Gasteiger partial charge in [0.1, 0.15) is 11.6 Å². The predicted octanol–water partition coefficient (Wildman–Crippen LogP) is 6.18. The zero-order valence-electron chi connectivity index (χ0n) is 16.5. The zero-order valence-corrected chi connectivity index (χ0v) is 16.5. The molecule has 0 aliphatic rings. The van der Waals surface area contributed by atoms with Gasteiger partial charge >= 0.3 is 6.18 Å². The van der Waals surface area contributed by atoms with E-state index >= 15 is 0 Å². The molecule has 0 bridgehead atoms. The Morgan fingerprint density at radius 3 is 2.63 bits per heavy atom. The second-order valence-corrected chi connectivity index (χ2v) is 6.97. The smallest absolute Gasteiger partial charge is 0.344 e. The number of nitrogens with one attached hydrogen (secondary N) is 1. The summed E-state index contributed by atoms with van der Waals surface area (Å²) in [7, 11) is 0. The first-order chi connectivity index (χ1) is 14.2. The third kappa shape index (κ3) is 4.38. The average Bonchev–Trinajstić information content (AvgIpc) is 3.09. The second kappa shape index (κ2) is 8.46. The quantitative estimate of drug-likeness (QED) is 0.403. The summed E-state index contributed by atoms with van der Waals surface area (Å²) >= 11 is 0. The van der Waals surface area contributed by atoms with E-state index in [0.29, 0.717) is 5.56 Å². The molecule has 1 aromatic heterocycles. The molecule has 30 heavy (non-hydrogen) atoms. The maximum atomic E-state index is 12.9. The summed E-state index contributed by atoms with van der Waals surface area (Å²) in [6.45, 7) is 4.14. The molecule has 0 aliphatic carbocycles. The number of benzene rings is 2. The van der Waals surface area contributed by atoms with Crippen molar-refractivity contribution in [2.45, 2.75) is 32.5 Å². The number of hydrogen-bond donors (Lipinski definition) is 1. The van der Waals surface area contributed by atoms with E-state index in [2.05, 4.69) is 23.7 Å². The number of aromatic nitrogens is 1. The molecule has 1 N–H and O–H groups in total. The van der Waals surface area contributed by atoms with Crippen molar-refractivity contribution < 1.29 is 18.0 Å². The highest BCUT2D eigenvalue weighted by molar-refractivity contribution is 6.10. The molecular weight excluding hydrogens is 391 g/mol. The van der Waals surface area contributed by atoms with Gasteiger partial charge < -0.3 is 9.88 Å². The van der Waals surface area contributed by atoms with Gasteiger partial charge in [-0.1, -0.05) is 31.2 Å². The summed E-state index contributed by atoms with van der Waals surface area (Å²) < 4.78 is 40.7. The van der Waals surface area contributed by atoms with Crippen molar-refractivity contribution in [1.82, 2.24) is 4.57 Å². The highest BCUT2D eigenvalue weighted by Gasteiger charge is 2.30. The maximum Gasteiger partial charge on any atom is 0.416 e. The molecule has 4 nitrogen and oxygen atoms in total. The monoisotopic (exact) mass is 411 g/mol. The topological polar surface area (TPSA) is 57.8 Å². The van der Waals surface area contributed by atoms with E-state index in [4.69, 9.17) is 0 Å². The Bertz CT molecular complexity index is 1150. The largest absolute Gasteiger partial charge is 0.416 e. The number of anilines is 1. The molecule has 154 valence electrons. The molecule has 7 heteroatoms. The van der Waals surface area contributed by atoms with Crippen LogP contribution >= 0.6 is 0 Å². The predicted molar refractivity (Wildman–Crippen MR) is 111 cm³/mol. The first-order valence-electron chi connectivity index (χ1n) is 9.44. The number of nitriles is 1. The fraction of sp³-hybridized carbons (Fsp3) is 0.217. The third-order valence-corrected chi connectivity index (χ3v) is 4.95. The minimum absolute atomic E-state index is 0.0296. The van der Waals surface area contributed by atoms with Crippen molar-refractivity contribution in [1.29, 1.82) is 5.26 Å². The van der Waals surface area contributed by atoms with E-state index in [1.165, 1.54) is 18.2 Å². The van der Waals surface area contributed by atoms with E-state index in [9.17, 15) is 23.2 Å². The Balaban J connectivity index is 1.95. The Morgan fingerprint density at radius 1 is 1.23 bits per heavy atom. The second-order valence-electron chi connectivity index (χ2n) is 6.97. The number of halogens is 3. The number of carbonyl (C=O) groups excluding carboxylic acids is 1. The third-order valence-electron chi connectivity index (χ3n) is 4.95. The molecule has 3 rings (SSSR count). The van der Waals surface area contributed by atoms with Gasteiger partial charge in [-0.15, -0.1) is 0 Å². The minimum Gasteiger partial charge on any atom is -0.344 e. The standard InChI is InChI=1S/C23H20F3N3O/c1-3-15(2)29-14-17(20-9-4-5-10-21(20)29)11-16(13-27)22(30)28-19-8-6-7-18(12-19)23(24,25)26/h4-12,14-15H,3H2,1-2H3,(H,28,30)/b16-11-/t15-/m1/s1. The van der Waals surface area contributed by atoms with Crippen molar-refractivity contribution in [2.75, 3.05) is 5.32 Å². The van der Waals surface area contributed by atoms with Gasteiger partial charge in [-0.05, 0) is 43.7 Å². The molecule has 0 saturated heterocycles. The summed E-state index contributed by atoms with van der Waals surface area (Å²) in [5.41, 5.74) is 0.576. The maximum absolute atomic E-state index is 12.9. The average molecular weight is 411 g/mol. The van der Waals surface area contributed by atoms with Crippen molar-refractivity contribution in [2.24, 2.45) is 0 Å². The molecular formula is C23H20F3N3O. The molecule has 0 unspecified atom stereocenters. The molecule has 1 amide bonds. The Morgan fingerprint density at radius 2 is 1.97 bits per heavy atom. The normalized spacial score (nSPS) is 13.1.